The van der Waals surface area contributed by atoms with Gasteiger partial charge in [0.1, 0.15) is 5.03 Å². The lowest BCUT2D eigenvalue weighted by Crippen LogP contribution is -1.91. The third-order valence-corrected chi connectivity index (χ3v) is 5.08. The Hall–Kier alpha value is -2.85. The van der Waals surface area contributed by atoms with Gasteiger partial charge in [-0.25, -0.2) is 9.50 Å². The highest BCUT2D eigenvalue weighted by atomic mass is 32.2. The highest BCUT2D eigenvalue weighted by Crippen LogP contribution is 2.28. The zero-order valence-corrected chi connectivity index (χ0v) is 14.5. The maximum Gasteiger partial charge on any atom is 0.122 e. The van der Waals surface area contributed by atoms with Crippen LogP contribution in [0.5, 0.6) is 0 Å². The topological polar surface area (TPSA) is 30.2 Å². The average Bonchev–Trinajstić information content (AvgIpc) is 3.12. The molecule has 4 heteroatoms. The molecule has 0 N–H and O–H groups in total. The highest BCUT2D eigenvalue weighted by Gasteiger charge is 2.09. The van der Waals surface area contributed by atoms with Crippen LogP contribution >= 0.6 is 11.8 Å². The lowest BCUT2D eigenvalue weighted by Gasteiger charge is -2.03. The first-order chi connectivity index (χ1) is 12.3. The third kappa shape index (κ3) is 3.35. The normalized spacial score (nSPS) is 10.9. The molecular formula is C21H17N3S. The Labute approximate surface area is 151 Å². The van der Waals surface area contributed by atoms with Crippen LogP contribution in [0.1, 0.15) is 11.1 Å². The predicted octanol–water partition coefficient (Wildman–Crippen LogP) is 5.33. The van der Waals surface area contributed by atoms with E-state index < -0.39 is 0 Å². The van der Waals surface area contributed by atoms with Crippen LogP contribution in [0, 0.1) is 0 Å². The Balaban J connectivity index is 1.61. The second kappa shape index (κ2) is 6.95. The first kappa shape index (κ1) is 15.7. The highest BCUT2D eigenvalue weighted by molar-refractivity contribution is 7.98. The number of benzene rings is 2. The molecule has 25 heavy (non-hydrogen) atoms. The fourth-order valence-electron chi connectivity index (χ4n) is 2.66. The number of thioether (sulfide) groups is 1. The van der Waals surface area contributed by atoms with Crippen LogP contribution < -0.4 is 0 Å². The maximum absolute atomic E-state index is 4.67. The van der Waals surface area contributed by atoms with Crippen LogP contribution in [0.15, 0.2) is 84.7 Å². The molecule has 0 amide bonds. The van der Waals surface area contributed by atoms with Crippen molar-refractivity contribution in [1.82, 2.24) is 14.6 Å². The van der Waals surface area contributed by atoms with E-state index in [9.17, 15) is 0 Å². The molecule has 0 aliphatic heterocycles. The molecular weight excluding hydrogens is 326 g/mol. The monoisotopic (exact) mass is 343 g/mol. The van der Waals surface area contributed by atoms with Crippen molar-refractivity contribution < 1.29 is 0 Å². The van der Waals surface area contributed by atoms with Gasteiger partial charge in [-0.2, -0.15) is 5.10 Å². The summed E-state index contributed by atoms with van der Waals surface area (Å²) in [5.74, 6) is 0.871. The van der Waals surface area contributed by atoms with Gasteiger partial charge in [0.05, 0.1) is 11.2 Å². The molecule has 0 atom stereocenters. The summed E-state index contributed by atoms with van der Waals surface area (Å²) in [6.45, 7) is 3.79. The van der Waals surface area contributed by atoms with E-state index in [1.807, 2.05) is 35.0 Å². The molecule has 0 radical (unpaired) electrons. The number of aromatic nitrogens is 3. The molecule has 2 heterocycles. The molecule has 0 fully saturated rings. The van der Waals surface area contributed by atoms with Crippen LogP contribution in [0.25, 0.3) is 22.9 Å². The molecule has 4 rings (SSSR count). The summed E-state index contributed by atoms with van der Waals surface area (Å²) in [6, 6.07) is 20.8. The van der Waals surface area contributed by atoms with Crippen LogP contribution in [0.4, 0.5) is 0 Å². The molecule has 3 nitrogen and oxygen atoms in total. The smallest absolute Gasteiger partial charge is 0.122 e. The van der Waals surface area contributed by atoms with Gasteiger partial charge in [0.15, 0.2) is 0 Å². The van der Waals surface area contributed by atoms with E-state index in [1.54, 1.807) is 18.0 Å². The lowest BCUT2D eigenvalue weighted by molar-refractivity contribution is 0.920. The first-order valence-corrected chi connectivity index (χ1v) is 9.06. The van der Waals surface area contributed by atoms with Crippen molar-refractivity contribution in [3.05, 3.63) is 90.8 Å². The standard InChI is InChI=1S/C21H17N3S/c1-2-16-8-10-17(11-9-16)15-25-21-20-14-19(18-6-4-3-5-7-18)23-24(20)13-12-22-21/h2-14H,1,15H2. The molecule has 2 aromatic heterocycles. The van der Waals surface area contributed by atoms with Crippen molar-refractivity contribution in [2.24, 2.45) is 0 Å². The Bertz CT molecular complexity index is 1000. The Morgan fingerprint density at radius 1 is 1.04 bits per heavy atom. The summed E-state index contributed by atoms with van der Waals surface area (Å²) in [6.07, 6.45) is 5.55. The Kier molecular flexibility index (Phi) is 4.36. The van der Waals surface area contributed by atoms with Gasteiger partial charge in [-0.3, -0.25) is 0 Å². The predicted molar refractivity (Wildman–Crippen MR) is 105 cm³/mol. The minimum Gasteiger partial charge on any atom is -0.246 e. The summed E-state index contributed by atoms with van der Waals surface area (Å²) in [5.41, 5.74) is 5.52. The van der Waals surface area contributed by atoms with Gasteiger partial charge < -0.3 is 0 Å². The van der Waals surface area contributed by atoms with Gasteiger partial charge in [-0.05, 0) is 17.2 Å². The van der Waals surface area contributed by atoms with Crippen molar-refractivity contribution in [3.63, 3.8) is 0 Å². The SMILES string of the molecule is C=Cc1ccc(CSc2nccn3nc(-c4ccccc4)cc23)cc1. The molecule has 0 saturated heterocycles. The minimum atomic E-state index is 0.871. The average molecular weight is 343 g/mol. The summed E-state index contributed by atoms with van der Waals surface area (Å²) in [7, 11) is 0. The number of hydrogen-bond acceptors (Lipinski definition) is 3. The van der Waals surface area contributed by atoms with Gasteiger partial charge in [0.25, 0.3) is 0 Å². The van der Waals surface area contributed by atoms with Gasteiger partial charge in [0.2, 0.25) is 0 Å². The van der Waals surface area contributed by atoms with E-state index in [0.29, 0.717) is 0 Å². The fourth-order valence-corrected chi connectivity index (χ4v) is 3.59. The summed E-state index contributed by atoms with van der Waals surface area (Å²) >= 11 is 1.73. The van der Waals surface area contributed by atoms with E-state index in [-0.39, 0.29) is 0 Å². The number of nitrogens with zero attached hydrogens (tertiary/aromatic N) is 3. The van der Waals surface area contributed by atoms with E-state index in [2.05, 4.69) is 59.1 Å². The Morgan fingerprint density at radius 2 is 1.84 bits per heavy atom. The zero-order chi connectivity index (χ0) is 17.1. The fraction of sp³-hybridized carbons (Fsp3) is 0.0476. The van der Waals surface area contributed by atoms with Crippen molar-refractivity contribution in [2.75, 3.05) is 0 Å². The van der Waals surface area contributed by atoms with Crippen LogP contribution in [-0.2, 0) is 5.75 Å². The quantitative estimate of drug-likeness (QED) is 0.459. The van der Waals surface area contributed by atoms with Gasteiger partial charge in [0, 0.05) is 23.7 Å². The Morgan fingerprint density at radius 3 is 2.60 bits per heavy atom. The summed E-state index contributed by atoms with van der Waals surface area (Å²) in [4.78, 5) is 4.55. The van der Waals surface area contributed by atoms with Crippen molar-refractivity contribution in [2.45, 2.75) is 10.8 Å². The van der Waals surface area contributed by atoms with Crippen molar-refractivity contribution in [1.29, 1.82) is 0 Å². The van der Waals surface area contributed by atoms with Crippen LogP contribution in [0.2, 0.25) is 0 Å². The number of fused-ring (bicyclic) bond motifs is 1. The summed E-state index contributed by atoms with van der Waals surface area (Å²) in [5, 5.41) is 5.66. The number of rotatable bonds is 5. The number of hydrogen-bond donors (Lipinski definition) is 0. The van der Waals surface area contributed by atoms with Crippen molar-refractivity contribution in [3.8, 4) is 11.3 Å². The lowest BCUT2D eigenvalue weighted by atomic mass is 10.1. The molecule has 0 saturated carbocycles. The van der Waals surface area contributed by atoms with Gasteiger partial charge in [-0.15, -0.1) is 0 Å². The molecule has 122 valence electrons. The van der Waals surface area contributed by atoms with E-state index in [4.69, 9.17) is 0 Å². The molecule has 4 aromatic rings. The first-order valence-electron chi connectivity index (χ1n) is 8.07. The van der Waals surface area contributed by atoms with Crippen LogP contribution in [0.3, 0.4) is 0 Å². The largest absolute Gasteiger partial charge is 0.246 e. The molecule has 0 bridgehead atoms. The molecule has 0 aliphatic carbocycles. The third-order valence-electron chi connectivity index (χ3n) is 4.02. The maximum atomic E-state index is 4.67. The molecule has 0 aliphatic rings. The van der Waals surface area contributed by atoms with E-state index in [1.165, 1.54) is 5.56 Å². The molecule has 0 spiro atoms. The minimum absolute atomic E-state index is 0.871. The van der Waals surface area contributed by atoms with Crippen LogP contribution in [-0.4, -0.2) is 14.6 Å². The van der Waals surface area contributed by atoms with Gasteiger partial charge >= 0.3 is 0 Å². The zero-order valence-electron chi connectivity index (χ0n) is 13.7. The van der Waals surface area contributed by atoms with Crippen molar-refractivity contribution >= 4 is 23.4 Å². The summed E-state index contributed by atoms with van der Waals surface area (Å²) < 4.78 is 1.90. The van der Waals surface area contributed by atoms with E-state index >= 15 is 0 Å². The van der Waals surface area contributed by atoms with E-state index in [0.717, 1.165) is 33.1 Å². The second-order valence-corrected chi connectivity index (χ2v) is 6.66. The molecule has 0 unspecified atom stereocenters. The van der Waals surface area contributed by atoms with Gasteiger partial charge in [-0.1, -0.05) is 79.0 Å². The molecule has 2 aromatic carbocycles. The second-order valence-electron chi connectivity index (χ2n) is 5.69.